The molecule has 5 heteroatoms. The first-order chi connectivity index (χ1) is 10.0. The number of quaternary nitrogens is 1. The van der Waals surface area contributed by atoms with Crippen molar-refractivity contribution in [2.24, 2.45) is 0 Å². The quantitative estimate of drug-likeness (QED) is 0.838. The number of thiophene rings is 1. The van der Waals surface area contributed by atoms with Crippen molar-refractivity contribution in [2.45, 2.75) is 19.5 Å². The molecule has 0 fully saturated rings. The van der Waals surface area contributed by atoms with E-state index in [1.54, 1.807) is 23.5 Å². The molecule has 0 aliphatic carbocycles. The van der Waals surface area contributed by atoms with Crippen LogP contribution in [-0.2, 0) is 11.3 Å². The number of nitrogens with one attached hydrogen (secondary N) is 2. The average Bonchev–Trinajstić information content (AvgIpc) is 2.95. The lowest BCUT2D eigenvalue weighted by Gasteiger charge is -2.16. The summed E-state index contributed by atoms with van der Waals surface area (Å²) in [5.74, 6) is -0.213. The third kappa shape index (κ3) is 4.95. The second kappa shape index (κ2) is 7.33. The van der Waals surface area contributed by atoms with Crippen LogP contribution in [-0.4, -0.2) is 19.5 Å². The molecular weight excluding hydrogens is 287 g/mol. The van der Waals surface area contributed by atoms with Crippen LogP contribution in [0.5, 0.6) is 0 Å². The Morgan fingerprint density at radius 2 is 2.05 bits per heavy atom. The first-order valence-electron chi connectivity index (χ1n) is 6.93. The minimum atomic E-state index is -0.237. The Morgan fingerprint density at radius 1 is 1.33 bits per heavy atom. The van der Waals surface area contributed by atoms with Crippen LogP contribution in [0.15, 0.2) is 41.8 Å². The molecule has 1 unspecified atom stereocenters. The number of hydrogen-bond donors (Lipinski definition) is 2. The maximum Gasteiger partial charge on any atom is 0.275 e. The number of carbonyl (C=O) groups is 1. The van der Waals surface area contributed by atoms with E-state index < -0.39 is 0 Å². The van der Waals surface area contributed by atoms with Crippen molar-refractivity contribution in [3.8, 4) is 0 Å². The van der Waals surface area contributed by atoms with Crippen LogP contribution in [0.1, 0.15) is 23.4 Å². The summed E-state index contributed by atoms with van der Waals surface area (Å²) in [5, 5.41) is 5.00. The largest absolute Gasteiger partial charge is 0.344 e. The van der Waals surface area contributed by atoms with Crippen LogP contribution >= 0.6 is 11.3 Å². The summed E-state index contributed by atoms with van der Waals surface area (Å²) in [6.07, 6.45) is 0. The standard InChI is InChI=1S/C16H19FN2OS/c1-12(15-4-3-9-21-15)18-16(20)11-19(2)10-13-5-7-14(17)8-6-13/h3-9,12H,10-11H2,1-2H3,(H,18,20)/p+1/t12-/m0/s1. The van der Waals surface area contributed by atoms with Gasteiger partial charge in [0.25, 0.3) is 5.91 Å². The van der Waals surface area contributed by atoms with E-state index in [1.807, 2.05) is 31.5 Å². The van der Waals surface area contributed by atoms with E-state index in [0.29, 0.717) is 13.1 Å². The Morgan fingerprint density at radius 3 is 2.67 bits per heavy atom. The minimum Gasteiger partial charge on any atom is -0.344 e. The van der Waals surface area contributed by atoms with Crippen molar-refractivity contribution in [3.63, 3.8) is 0 Å². The van der Waals surface area contributed by atoms with Gasteiger partial charge in [-0.3, -0.25) is 4.79 Å². The van der Waals surface area contributed by atoms with Gasteiger partial charge < -0.3 is 10.2 Å². The Balaban J connectivity index is 1.80. The van der Waals surface area contributed by atoms with Crippen molar-refractivity contribution in [3.05, 3.63) is 58.0 Å². The molecule has 112 valence electrons. The summed E-state index contributed by atoms with van der Waals surface area (Å²) in [4.78, 5) is 14.2. The summed E-state index contributed by atoms with van der Waals surface area (Å²) in [5.41, 5.74) is 1.02. The monoisotopic (exact) mass is 307 g/mol. The molecule has 2 N–H and O–H groups in total. The molecule has 0 saturated heterocycles. The van der Waals surface area contributed by atoms with Crippen molar-refractivity contribution in [2.75, 3.05) is 13.6 Å². The van der Waals surface area contributed by atoms with E-state index in [-0.39, 0.29) is 17.8 Å². The smallest absolute Gasteiger partial charge is 0.275 e. The molecule has 0 aliphatic heterocycles. The van der Waals surface area contributed by atoms with E-state index in [9.17, 15) is 9.18 Å². The lowest BCUT2D eigenvalue weighted by atomic mass is 10.2. The number of carbonyl (C=O) groups excluding carboxylic acids is 1. The molecule has 1 heterocycles. The van der Waals surface area contributed by atoms with Crippen molar-refractivity contribution < 1.29 is 14.1 Å². The molecular formula is C16H20FN2OS+. The zero-order valence-corrected chi connectivity index (χ0v) is 13.0. The predicted octanol–water partition coefficient (Wildman–Crippen LogP) is 1.78. The van der Waals surface area contributed by atoms with E-state index in [4.69, 9.17) is 0 Å². The fraction of sp³-hybridized carbons (Fsp3) is 0.312. The van der Waals surface area contributed by atoms with Gasteiger partial charge in [0, 0.05) is 10.4 Å². The summed E-state index contributed by atoms with van der Waals surface area (Å²) in [7, 11) is 1.96. The predicted molar refractivity (Wildman–Crippen MR) is 82.7 cm³/mol. The number of hydrogen-bond acceptors (Lipinski definition) is 2. The maximum atomic E-state index is 12.8. The molecule has 1 aromatic heterocycles. The van der Waals surface area contributed by atoms with Gasteiger partial charge in [-0.05, 0) is 30.5 Å². The summed E-state index contributed by atoms with van der Waals surface area (Å²) < 4.78 is 12.8. The lowest BCUT2D eigenvalue weighted by Crippen LogP contribution is -3.08. The van der Waals surface area contributed by atoms with Crippen LogP contribution in [0.2, 0.25) is 0 Å². The highest BCUT2D eigenvalue weighted by atomic mass is 32.1. The molecule has 2 atom stereocenters. The van der Waals surface area contributed by atoms with Crippen LogP contribution in [0.3, 0.4) is 0 Å². The first-order valence-corrected chi connectivity index (χ1v) is 7.81. The van der Waals surface area contributed by atoms with Gasteiger partial charge >= 0.3 is 0 Å². The van der Waals surface area contributed by atoms with Crippen molar-refractivity contribution in [1.82, 2.24) is 5.32 Å². The second-order valence-electron chi connectivity index (χ2n) is 5.24. The van der Waals surface area contributed by atoms with Gasteiger partial charge in [0.2, 0.25) is 0 Å². The average molecular weight is 307 g/mol. The molecule has 0 radical (unpaired) electrons. The number of halogens is 1. The van der Waals surface area contributed by atoms with Crippen LogP contribution < -0.4 is 10.2 Å². The Hall–Kier alpha value is -1.72. The van der Waals surface area contributed by atoms with Gasteiger partial charge in [-0.15, -0.1) is 11.3 Å². The van der Waals surface area contributed by atoms with Crippen LogP contribution in [0.4, 0.5) is 4.39 Å². The van der Waals surface area contributed by atoms with Gasteiger partial charge in [0.05, 0.1) is 13.1 Å². The third-order valence-electron chi connectivity index (χ3n) is 3.23. The highest BCUT2D eigenvalue weighted by Gasteiger charge is 2.14. The fourth-order valence-electron chi connectivity index (χ4n) is 2.19. The molecule has 0 spiro atoms. The number of amides is 1. The molecule has 2 rings (SSSR count). The van der Waals surface area contributed by atoms with Gasteiger partial charge in [0.15, 0.2) is 6.54 Å². The molecule has 1 aromatic carbocycles. The lowest BCUT2D eigenvalue weighted by molar-refractivity contribution is -0.885. The maximum absolute atomic E-state index is 12.8. The van der Waals surface area contributed by atoms with Gasteiger partial charge in [-0.25, -0.2) is 4.39 Å². The topological polar surface area (TPSA) is 33.5 Å². The molecule has 1 amide bonds. The van der Waals surface area contributed by atoms with E-state index in [2.05, 4.69) is 5.32 Å². The van der Waals surface area contributed by atoms with E-state index >= 15 is 0 Å². The Bertz CT molecular complexity index is 568. The van der Waals surface area contributed by atoms with Crippen molar-refractivity contribution >= 4 is 17.2 Å². The molecule has 3 nitrogen and oxygen atoms in total. The minimum absolute atomic E-state index is 0.0236. The molecule has 0 aliphatic rings. The zero-order chi connectivity index (χ0) is 15.2. The summed E-state index contributed by atoms with van der Waals surface area (Å²) >= 11 is 1.64. The highest BCUT2D eigenvalue weighted by Crippen LogP contribution is 2.17. The third-order valence-corrected chi connectivity index (χ3v) is 4.28. The molecule has 0 saturated carbocycles. The summed E-state index contributed by atoms with van der Waals surface area (Å²) in [6, 6.07) is 10.4. The summed E-state index contributed by atoms with van der Waals surface area (Å²) in [6.45, 7) is 3.08. The van der Waals surface area contributed by atoms with E-state index in [1.165, 1.54) is 12.1 Å². The number of rotatable bonds is 6. The molecule has 2 aromatic rings. The van der Waals surface area contributed by atoms with E-state index in [0.717, 1.165) is 15.3 Å². The zero-order valence-electron chi connectivity index (χ0n) is 12.2. The molecule has 0 bridgehead atoms. The normalized spacial score (nSPS) is 13.7. The fourth-order valence-corrected chi connectivity index (χ4v) is 2.92. The Labute approximate surface area is 128 Å². The number of likely N-dealkylation sites (N-methyl/N-ethyl adjacent to an activating group) is 1. The Kier molecular flexibility index (Phi) is 5.47. The first kappa shape index (κ1) is 15.7. The SMILES string of the molecule is C[C@H](NC(=O)C[NH+](C)Cc1ccc(F)cc1)c1cccs1. The van der Waals surface area contributed by atoms with Gasteiger partial charge in [-0.1, -0.05) is 18.2 Å². The van der Waals surface area contributed by atoms with Crippen LogP contribution in [0, 0.1) is 5.82 Å². The second-order valence-corrected chi connectivity index (χ2v) is 6.22. The van der Waals surface area contributed by atoms with Gasteiger partial charge in [0.1, 0.15) is 12.4 Å². The number of benzene rings is 1. The molecule has 21 heavy (non-hydrogen) atoms. The van der Waals surface area contributed by atoms with Crippen LogP contribution in [0.25, 0.3) is 0 Å². The van der Waals surface area contributed by atoms with Crippen molar-refractivity contribution in [1.29, 1.82) is 0 Å². The van der Waals surface area contributed by atoms with Gasteiger partial charge in [-0.2, -0.15) is 0 Å². The highest BCUT2D eigenvalue weighted by molar-refractivity contribution is 7.10.